The number of nitrogens with one attached hydrogen (secondary N) is 1. The standard InChI is InChI=1S/C23H24N4O4/c1-3-30-22(28)14-25-18-9-10-20-19(12-18)26-21(27(20)15-23(29)31-4-2)11-16-5-7-17(13-24)8-6-16/h5-10,12,25H,3-4,11,14-15H2,1-2H3. The van der Waals surface area contributed by atoms with Crippen molar-refractivity contribution >= 4 is 28.7 Å². The van der Waals surface area contributed by atoms with Crippen molar-refractivity contribution in [2.75, 3.05) is 25.1 Å². The maximum absolute atomic E-state index is 12.2. The lowest BCUT2D eigenvalue weighted by atomic mass is 10.1. The first-order chi connectivity index (χ1) is 15.0. The van der Waals surface area contributed by atoms with Crippen molar-refractivity contribution in [2.24, 2.45) is 0 Å². The Balaban J connectivity index is 1.90. The molecule has 0 radical (unpaired) electrons. The number of aromatic nitrogens is 2. The maximum Gasteiger partial charge on any atom is 0.326 e. The fraction of sp³-hybridized carbons (Fsp3) is 0.304. The molecule has 0 unspecified atom stereocenters. The van der Waals surface area contributed by atoms with Crippen molar-refractivity contribution in [3.8, 4) is 6.07 Å². The Bertz CT molecular complexity index is 1110. The summed E-state index contributed by atoms with van der Waals surface area (Å²) in [4.78, 5) is 28.5. The molecule has 0 bridgehead atoms. The van der Waals surface area contributed by atoms with Gasteiger partial charge >= 0.3 is 11.9 Å². The Labute approximate surface area is 180 Å². The third-order valence-corrected chi connectivity index (χ3v) is 4.61. The summed E-state index contributed by atoms with van der Waals surface area (Å²) in [7, 11) is 0. The molecular weight excluding hydrogens is 396 g/mol. The fourth-order valence-electron chi connectivity index (χ4n) is 3.20. The normalized spacial score (nSPS) is 10.5. The van der Waals surface area contributed by atoms with Crippen LogP contribution in [0.5, 0.6) is 0 Å². The van der Waals surface area contributed by atoms with Crippen molar-refractivity contribution in [1.29, 1.82) is 5.26 Å². The zero-order chi connectivity index (χ0) is 22.2. The van der Waals surface area contributed by atoms with Gasteiger partial charge in [0.15, 0.2) is 0 Å². The van der Waals surface area contributed by atoms with E-state index >= 15 is 0 Å². The minimum Gasteiger partial charge on any atom is -0.465 e. The van der Waals surface area contributed by atoms with Gasteiger partial charge in [-0.05, 0) is 49.7 Å². The van der Waals surface area contributed by atoms with Gasteiger partial charge in [-0.3, -0.25) is 9.59 Å². The Kier molecular flexibility index (Phi) is 7.22. The second-order valence-electron chi connectivity index (χ2n) is 6.77. The number of nitrogens with zero attached hydrogens (tertiary/aromatic N) is 3. The molecule has 0 atom stereocenters. The molecule has 31 heavy (non-hydrogen) atoms. The van der Waals surface area contributed by atoms with Crippen LogP contribution in [0.4, 0.5) is 5.69 Å². The maximum atomic E-state index is 12.2. The summed E-state index contributed by atoms with van der Waals surface area (Å²) in [5.41, 5.74) is 3.77. The number of hydrogen-bond donors (Lipinski definition) is 1. The van der Waals surface area contributed by atoms with Crippen molar-refractivity contribution < 1.29 is 19.1 Å². The van der Waals surface area contributed by atoms with Crippen LogP contribution in [0, 0.1) is 11.3 Å². The van der Waals surface area contributed by atoms with Crippen LogP contribution in [0.2, 0.25) is 0 Å². The number of esters is 2. The van der Waals surface area contributed by atoms with Gasteiger partial charge in [0.1, 0.15) is 18.9 Å². The lowest BCUT2D eigenvalue weighted by Gasteiger charge is -2.09. The molecular formula is C23H24N4O4. The highest BCUT2D eigenvalue weighted by atomic mass is 16.5. The second-order valence-corrected chi connectivity index (χ2v) is 6.77. The minimum atomic E-state index is -0.340. The number of fused-ring (bicyclic) bond motifs is 1. The topological polar surface area (TPSA) is 106 Å². The average molecular weight is 420 g/mol. The van der Waals surface area contributed by atoms with Crippen LogP contribution < -0.4 is 5.32 Å². The fourth-order valence-corrected chi connectivity index (χ4v) is 3.20. The summed E-state index contributed by atoms with van der Waals surface area (Å²) < 4.78 is 11.9. The summed E-state index contributed by atoms with van der Waals surface area (Å²) >= 11 is 0. The number of imidazole rings is 1. The first-order valence-electron chi connectivity index (χ1n) is 10.1. The third-order valence-electron chi connectivity index (χ3n) is 4.61. The van der Waals surface area contributed by atoms with Gasteiger partial charge in [0.25, 0.3) is 0 Å². The highest BCUT2D eigenvalue weighted by Gasteiger charge is 2.16. The van der Waals surface area contributed by atoms with E-state index in [1.807, 2.05) is 34.9 Å². The number of carbonyl (C=O) groups excluding carboxylic acids is 2. The van der Waals surface area contributed by atoms with E-state index in [1.54, 1.807) is 26.0 Å². The third kappa shape index (κ3) is 5.60. The average Bonchev–Trinajstić information content (AvgIpc) is 3.09. The SMILES string of the molecule is CCOC(=O)CNc1ccc2c(c1)nc(Cc1ccc(C#N)cc1)n2CC(=O)OCC. The number of benzene rings is 2. The first kappa shape index (κ1) is 21.8. The summed E-state index contributed by atoms with van der Waals surface area (Å²) in [5.74, 6) is 0.0274. The molecule has 1 N–H and O–H groups in total. The van der Waals surface area contributed by atoms with Crippen LogP contribution in [-0.2, 0) is 32.0 Å². The smallest absolute Gasteiger partial charge is 0.326 e. The lowest BCUT2D eigenvalue weighted by Crippen LogP contribution is -2.16. The van der Waals surface area contributed by atoms with Gasteiger partial charge in [0.2, 0.25) is 0 Å². The van der Waals surface area contributed by atoms with E-state index in [4.69, 9.17) is 19.7 Å². The summed E-state index contributed by atoms with van der Waals surface area (Å²) in [5, 5.41) is 12.0. The van der Waals surface area contributed by atoms with Crippen LogP contribution >= 0.6 is 0 Å². The number of carbonyl (C=O) groups is 2. The molecule has 3 rings (SSSR count). The Morgan fingerprint density at radius 2 is 1.77 bits per heavy atom. The van der Waals surface area contributed by atoms with Crippen molar-refractivity contribution in [1.82, 2.24) is 9.55 Å². The molecule has 0 aliphatic heterocycles. The van der Waals surface area contributed by atoms with Gasteiger partial charge in [-0.15, -0.1) is 0 Å². The first-order valence-corrected chi connectivity index (χ1v) is 10.1. The van der Waals surface area contributed by atoms with Gasteiger partial charge < -0.3 is 19.4 Å². The number of anilines is 1. The van der Waals surface area contributed by atoms with E-state index in [0.29, 0.717) is 36.5 Å². The number of hydrogen-bond acceptors (Lipinski definition) is 7. The number of rotatable bonds is 9. The summed E-state index contributed by atoms with van der Waals surface area (Å²) in [6.45, 7) is 4.26. The predicted molar refractivity (Wildman–Crippen MR) is 115 cm³/mol. The van der Waals surface area contributed by atoms with Crippen LogP contribution in [-0.4, -0.2) is 41.2 Å². The van der Waals surface area contributed by atoms with Crippen LogP contribution in [0.25, 0.3) is 11.0 Å². The number of nitriles is 1. The van der Waals surface area contributed by atoms with Gasteiger partial charge in [0, 0.05) is 12.1 Å². The molecule has 8 heteroatoms. The number of ether oxygens (including phenoxy) is 2. The summed E-state index contributed by atoms with van der Waals surface area (Å²) in [6, 6.07) is 14.9. The molecule has 8 nitrogen and oxygen atoms in total. The molecule has 0 fully saturated rings. The van der Waals surface area contributed by atoms with Crippen molar-refractivity contribution in [2.45, 2.75) is 26.8 Å². The van der Waals surface area contributed by atoms with E-state index in [1.165, 1.54) is 0 Å². The molecule has 3 aromatic rings. The Morgan fingerprint density at radius 3 is 2.45 bits per heavy atom. The molecule has 0 saturated heterocycles. The molecule has 1 heterocycles. The Hall–Kier alpha value is -3.86. The van der Waals surface area contributed by atoms with Crippen molar-refractivity contribution in [3.63, 3.8) is 0 Å². The van der Waals surface area contributed by atoms with E-state index < -0.39 is 0 Å². The predicted octanol–water partition coefficient (Wildman–Crippen LogP) is 3.04. The molecule has 0 spiro atoms. The summed E-state index contributed by atoms with van der Waals surface area (Å²) in [6.07, 6.45) is 0.491. The highest BCUT2D eigenvalue weighted by Crippen LogP contribution is 2.23. The molecule has 2 aromatic carbocycles. The zero-order valence-corrected chi connectivity index (χ0v) is 17.6. The van der Waals surface area contributed by atoms with Gasteiger partial charge in [-0.1, -0.05) is 12.1 Å². The van der Waals surface area contributed by atoms with Gasteiger partial charge in [-0.2, -0.15) is 5.26 Å². The minimum absolute atomic E-state index is 0.0472. The van der Waals surface area contributed by atoms with Gasteiger partial charge in [-0.25, -0.2) is 4.98 Å². The second kappa shape index (κ2) is 10.3. The van der Waals surface area contributed by atoms with E-state index in [2.05, 4.69) is 11.4 Å². The van der Waals surface area contributed by atoms with E-state index in [-0.39, 0.29) is 25.0 Å². The molecule has 0 saturated carbocycles. The highest BCUT2D eigenvalue weighted by molar-refractivity contribution is 5.83. The van der Waals surface area contributed by atoms with E-state index in [9.17, 15) is 9.59 Å². The van der Waals surface area contributed by atoms with E-state index in [0.717, 1.165) is 16.8 Å². The largest absolute Gasteiger partial charge is 0.465 e. The van der Waals surface area contributed by atoms with Crippen LogP contribution in [0.15, 0.2) is 42.5 Å². The Morgan fingerprint density at radius 1 is 1.06 bits per heavy atom. The monoisotopic (exact) mass is 420 g/mol. The van der Waals surface area contributed by atoms with Crippen LogP contribution in [0.1, 0.15) is 30.8 Å². The molecule has 1 aromatic heterocycles. The molecule has 0 aliphatic rings. The molecule has 160 valence electrons. The van der Waals surface area contributed by atoms with Gasteiger partial charge in [0.05, 0.1) is 35.9 Å². The molecule has 0 aliphatic carbocycles. The molecule has 0 amide bonds. The quantitative estimate of drug-likeness (QED) is 0.530. The van der Waals surface area contributed by atoms with Crippen molar-refractivity contribution in [3.05, 3.63) is 59.4 Å². The zero-order valence-electron chi connectivity index (χ0n) is 17.6. The van der Waals surface area contributed by atoms with Crippen LogP contribution in [0.3, 0.4) is 0 Å². The lowest BCUT2D eigenvalue weighted by molar-refractivity contribution is -0.144.